The van der Waals surface area contributed by atoms with Crippen LogP contribution in [0.3, 0.4) is 0 Å². The second-order valence-electron chi connectivity index (χ2n) is 5.49. The van der Waals surface area contributed by atoms with Crippen molar-refractivity contribution in [1.29, 1.82) is 0 Å². The summed E-state index contributed by atoms with van der Waals surface area (Å²) < 4.78 is 5.45. The van der Waals surface area contributed by atoms with E-state index in [1.54, 1.807) is 0 Å². The van der Waals surface area contributed by atoms with Crippen LogP contribution in [0, 0.1) is 0 Å². The molecule has 0 radical (unpaired) electrons. The van der Waals surface area contributed by atoms with E-state index in [1.165, 1.54) is 5.56 Å². The SMILES string of the molecule is CN1CCc2c(cccc2C(=O)OCc2ccccc2)C1. The van der Waals surface area contributed by atoms with Crippen LogP contribution in [0.25, 0.3) is 0 Å². The molecule has 0 N–H and O–H groups in total. The molecule has 108 valence electrons. The fourth-order valence-corrected chi connectivity index (χ4v) is 2.74. The van der Waals surface area contributed by atoms with E-state index in [0.29, 0.717) is 6.61 Å². The van der Waals surface area contributed by atoms with Gasteiger partial charge in [-0.05, 0) is 36.2 Å². The third-order valence-electron chi connectivity index (χ3n) is 3.89. The number of hydrogen-bond donors (Lipinski definition) is 0. The maximum absolute atomic E-state index is 12.3. The van der Waals surface area contributed by atoms with Crippen LogP contribution in [0.1, 0.15) is 27.0 Å². The molecule has 0 amide bonds. The van der Waals surface area contributed by atoms with Crippen molar-refractivity contribution in [1.82, 2.24) is 4.90 Å². The number of nitrogens with zero attached hydrogens (tertiary/aromatic N) is 1. The molecular weight excluding hydrogens is 262 g/mol. The van der Waals surface area contributed by atoms with E-state index in [0.717, 1.165) is 36.2 Å². The predicted octanol–water partition coefficient (Wildman–Crippen LogP) is 3.03. The number of hydrogen-bond acceptors (Lipinski definition) is 3. The van der Waals surface area contributed by atoms with Crippen molar-refractivity contribution in [2.24, 2.45) is 0 Å². The van der Waals surface area contributed by atoms with Gasteiger partial charge in [0, 0.05) is 13.1 Å². The summed E-state index contributed by atoms with van der Waals surface area (Å²) in [7, 11) is 2.10. The van der Waals surface area contributed by atoms with Crippen molar-refractivity contribution in [3.63, 3.8) is 0 Å². The summed E-state index contributed by atoms with van der Waals surface area (Å²) in [6.07, 6.45) is 0.905. The number of benzene rings is 2. The molecule has 0 fully saturated rings. The number of rotatable bonds is 3. The summed E-state index contributed by atoms with van der Waals surface area (Å²) in [4.78, 5) is 14.6. The maximum atomic E-state index is 12.3. The van der Waals surface area contributed by atoms with E-state index in [4.69, 9.17) is 4.74 Å². The normalized spacial score (nSPS) is 14.5. The lowest BCUT2D eigenvalue weighted by Crippen LogP contribution is -2.28. The minimum absolute atomic E-state index is 0.222. The van der Waals surface area contributed by atoms with E-state index in [1.807, 2.05) is 42.5 Å². The third kappa shape index (κ3) is 3.14. The number of likely N-dealkylation sites (N-methyl/N-ethyl adjacent to an activating group) is 1. The molecule has 0 saturated carbocycles. The van der Waals surface area contributed by atoms with Gasteiger partial charge in [-0.3, -0.25) is 0 Å². The molecule has 2 aromatic carbocycles. The quantitative estimate of drug-likeness (QED) is 0.810. The van der Waals surface area contributed by atoms with Crippen molar-refractivity contribution in [2.45, 2.75) is 19.6 Å². The largest absolute Gasteiger partial charge is 0.457 e. The molecule has 0 atom stereocenters. The van der Waals surface area contributed by atoms with Gasteiger partial charge in [0.05, 0.1) is 5.56 Å². The van der Waals surface area contributed by atoms with Gasteiger partial charge < -0.3 is 9.64 Å². The summed E-state index contributed by atoms with van der Waals surface area (Å²) in [6, 6.07) is 15.7. The number of fused-ring (bicyclic) bond motifs is 1. The van der Waals surface area contributed by atoms with Gasteiger partial charge in [0.15, 0.2) is 0 Å². The average molecular weight is 281 g/mol. The molecule has 2 aromatic rings. The van der Waals surface area contributed by atoms with Gasteiger partial charge in [-0.2, -0.15) is 0 Å². The lowest BCUT2D eigenvalue weighted by atomic mass is 9.95. The van der Waals surface area contributed by atoms with Crippen molar-refractivity contribution >= 4 is 5.97 Å². The van der Waals surface area contributed by atoms with Crippen LogP contribution in [0.2, 0.25) is 0 Å². The molecule has 0 aromatic heterocycles. The highest BCUT2D eigenvalue weighted by Gasteiger charge is 2.20. The zero-order chi connectivity index (χ0) is 14.7. The Morgan fingerprint density at radius 1 is 1.14 bits per heavy atom. The monoisotopic (exact) mass is 281 g/mol. The van der Waals surface area contributed by atoms with Gasteiger partial charge in [0.1, 0.15) is 6.61 Å². The van der Waals surface area contributed by atoms with E-state index in [-0.39, 0.29) is 5.97 Å². The summed E-state index contributed by atoms with van der Waals surface area (Å²) in [6.45, 7) is 2.20. The molecule has 3 heteroatoms. The van der Waals surface area contributed by atoms with E-state index in [2.05, 4.69) is 18.0 Å². The second kappa shape index (κ2) is 6.10. The topological polar surface area (TPSA) is 29.5 Å². The summed E-state index contributed by atoms with van der Waals surface area (Å²) in [5.74, 6) is -0.222. The number of carbonyl (C=O) groups excluding carboxylic acids is 1. The summed E-state index contributed by atoms with van der Waals surface area (Å²) >= 11 is 0. The lowest BCUT2D eigenvalue weighted by molar-refractivity contribution is 0.0470. The first-order valence-corrected chi connectivity index (χ1v) is 7.24. The Bertz CT molecular complexity index is 637. The fraction of sp³-hybridized carbons (Fsp3) is 0.278. The van der Waals surface area contributed by atoms with Crippen molar-refractivity contribution in [2.75, 3.05) is 13.6 Å². The van der Waals surface area contributed by atoms with E-state index >= 15 is 0 Å². The van der Waals surface area contributed by atoms with Gasteiger partial charge in [-0.1, -0.05) is 42.5 Å². The molecule has 1 aliphatic rings. The maximum Gasteiger partial charge on any atom is 0.338 e. The Labute approximate surface area is 125 Å². The van der Waals surface area contributed by atoms with Gasteiger partial charge in [0.2, 0.25) is 0 Å². The third-order valence-corrected chi connectivity index (χ3v) is 3.89. The van der Waals surface area contributed by atoms with E-state index in [9.17, 15) is 4.79 Å². The summed E-state index contributed by atoms with van der Waals surface area (Å²) in [5.41, 5.74) is 4.11. The Balaban J connectivity index is 1.75. The number of esters is 1. The van der Waals surface area contributed by atoms with Gasteiger partial charge in [-0.25, -0.2) is 4.79 Å². The fourth-order valence-electron chi connectivity index (χ4n) is 2.74. The highest BCUT2D eigenvalue weighted by atomic mass is 16.5. The number of carbonyl (C=O) groups is 1. The molecule has 1 aliphatic heterocycles. The minimum Gasteiger partial charge on any atom is -0.457 e. The smallest absolute Gasteiger partial charge is 0.338 e. The summed E-state index contributed by atoms with van der Waals surface area (Å²) in [5, 5.41) is 0. The zero-order valence-electron chi connectivity index (χ0n) is 12.2. The first-order valence-electron chi connectivity index (χ1n) is 7.24. The van der Waals surface area contributed by atoms with Crippen LogP contribution in [-0.4, -0.2) is 24.5 Å². The Hall–Kier alpha value is -2.13. The second-order valence-corrected chi connectivity index (χ2v) is 5.49. The first kappa shape index (κ1) is 13.8. The van der Waals surface area contributed by atoms with Crippen molar-refractivity contribution < 1.29 is 9.53 Å². The van der Waals surface area contributed by atoms with Crippen LogP contribution in [0.5, 0.6) is 0 Å². The molecule has 1 heterocycles. The van der Waals surface area contributed by atoms with Crippen LogP contribution in [0.4, 0.5) is 0 Å². The molecule has 3 rings (SSSR count). The van der Waals surface area contributed by atoms with Crippen molar-refractivity contribution in [3.8, 4) is 0 Å². The number of ether oxygens (including phenoxy) is 1. The van der Waals surface area contributed by atoms with Crippen LogP contribution < -0.4 is 0 Å². The van der Waals surface area contributed by atoms with Crippen LogP contribution >= 0.6 is 0 Å². The van der Waals surface area contributed by atoms with Gasteiger partial charge in [0.25, 0.3) is 0 Å². The van der Waals surface area contributed by atoms with E-state index < -0.39 is 0 Å². The lowest BCUT2D eigenvalue weighted by Gasteiger charge is -2.26. The molecule has 3 nitrogen and oxygen atoms in total. The van der Waals surface area contributed by atoms with Gasteiger partial charge >= 0.3 is 5.97 Å². The first-order chi connectivity index (χ1) is 10.2. The molecular formula is C18H19NO2. The predicted molar refractivity (Wildman–Crippen MR) is 82.0 cm³/mol. The van der Waals surface area contributed by atoms with Crippen LogP contribution in [-0.2, 0) is 24.3 Å². The molecule has 0 aliphatic carbocycles. The zero-order valence-corrected chi connectivity index (χ0v) is 12.2. The highest BCUT2D eigenvalue weighted by molar-refractivity contribution is 5.91. The molecule has 0 unspecified atom stereocenters. The Morgan fingerprint density at radius 2 is 1.95 bits per heavy atom. The molecule has 21 heavy (non-hydrogen) atoms. The molecule has 0 bridgehead atoms. The average Bonchev–Trinajstić information content (AvgIpc) is 2.52. The minimum atomic E-state index is -0.222. The molecule has 0 saturated heterocycles. The highest BCUT2D eigenvalue weighted by Crippen LogP contribution is 2.22. The molecule has 0 spiro atoms. The standard InChI is InChI=1S/C18H19NO2/c1-19-11-10-16-15(12-19)8-5-9-17(16)18(20)21-13-14-6-3-2-4-7-14/h2-9H,10-13H2,1H3. The Morgan fingerprint density at radius 3 is 2.76 bits per heavy atom. The van der Waals surface area contributed by atoms with Gasteiger partial charge in [-0.15, -0.1) is 0 Å². The van der Waals surface area contributed by atoms with Crippen LogP contribution in [0.15, 0.2) is 48.5 Å². The van der Waals surface area contributed by atoms with Crippen molar-refractivity contribution in [3.05, 3.63) is 70.8 Å². The Kier molecular flexibility index (Phi) is 4.02.